The highest BCUT2D eigenvalue weighted by atomic mass is 32.2. The standard InChI is InChI=1S/C16H21N3O3S/c1-3-22-12-15-16-13(11-17-18(16)2)9-10-19(15)23(20,21)14-7-5-4-6-8-14/h4-8,11,15H,3,9-10,12H2,1-2H3/t15-/m0/s1. The fraction of sp³-hybridized carbons (Fsp3) is 0.438. The van der Waals surface area contributed by atoms with Crippen LogP contribution in [0.4, 0.5) is 0 Å². The zero-order valence-corrected chi connectivity index (χ0v) is 14.2. The molecule has 1 atom stereocenters. The van der Waals surface area contributed by atoms with Crippen LogP contribution in [0.25, 0.3) is 0 Å². The molecule has 0 fully saturated rings. The van der Waals surface area contributed by atoms with Gasteiger partial charge in [0.05, 0.1) is 29.4 Å². The van der Waals surface area contributed by atoms with Crippen molar-refractivity contribution in [2.75, 3.05) is 19.8 Å². The van der Waals surface area contributed by atoms with E-state index in [1.165, 1.54) is 0 Å². The molecule has 124 valence electrons. The van der Waals surface area contributed by atoms with Crippen LogP contribution in [-0.2, 0) is 28.2 Å². The third-order valence-electron chi connectivity index (χ3n) is 4.16. The first-order valence-electron chi connectivity index (χ1n) is 7.71. The van der Waals surface area contributed by atoms with Crippen LogP contribution in [0.1, 0.15) is 24.2 Å². The van der Waals surface area contributed by atoms with Crippen molar-refractivity contribution in [1.29, 1.82) is 0 Å². The summed E-state index contributed by atoms with van der Waals surface area (Å²) in [5, 5.41) is 4.29. The van der Waals surface area contributed by atoms with E-state index in [4.69, 9.17) is 4.74 Å². The van der Waals surface area contributed by atoms with Crippen LogP contribution in [0.5, 0.6) is 0 Å². The average molecular weight is 335 g/mol. The zero-order chi connectivity index (χ0) is 16.4. The second-order valence-corrected chi connectivity index (χ2v) is 7.42. The topological polar surface area (TPSA) is 64.4 Å². The summed E-state index contributed by atoms with van der Waals surface area (Å²) in [4.78, 5) is 0.312. The van der Waals surface area contributed by atoms with Gasteiger partial charge in [0.15, 0.2) is 0 Å². The van der Waals surface area contributed by atoms with Crippen LogP contribution in [0.15, 0.2) is 41.4 Å². The second kappa shape index (κ2) is 6.43. The van der Waals surface area contributed by atoms with Crippen LogP contribution in [-0.4, -0.2) is 42.3 Å². The minimum Gasteiger partial charge on any atom is -0.380 e. The number of fused-ring (bicyclic) bond motifs is 1. The molecule has 0 unspecified atom stereocenters. The summed E-state index contributed by atoms with van der Waals surface area (Å²) < 4.78 is 35.0. The van der Waals surface area contributed by atoms with Gasteiger partial charge >= 0.3 is 0 Å². The molecule has 1 aliphatic rings. The van der Waals surface area contributed by atoms with E-state index < -0.39 is 10.0 Å². The van der Waals surface area contributed by atoms with Crippen LogP contribution in [0.3, 0.4) is 0 Å². The van der Waals surface area contributed by atoms with Gasteiger partial charge in [0.2, 0.25) is 10.0 Å². The third kappa shape index (κ3) is 2.91. The molecule has 0 bridgehead atoms. The quantitative estimate of drug-likeness (QED) is 0.835. The van der Waals surface area contributed by atoms with Crippen molar-refractivity contribution in [3.8, 4) is 0 Å². The summed E-state index contributed by atoms with van der Waals surface area (Å²) in [6, 6.07) is 8.20. The predicted molar refractivity (Wildman–Crippen MR) is 86.5 cm³/mol. The van der Waals surface area contributed by atoms with Gasteiger partial charge in [-0.15, -0.1) is 0 Å². The van der Waals surface area contributed by atoms with Crippen molar-refractivity contribution in [1.82, 2.24) is 14.1 Å². The average Bonchev–Trinajstić information content (AvgIpc) is 2.95. The summed E-state index contributed by atoms with van der Waals surface area (Å²) in [5.74, 6) is 0. The Labute approximate surface area is 136 Å². The van der Waals surface area contributed by atoms with E-state index in [1.54, 1.807) is 33.3 Å². The number of aryl methyl sites for hydroxylation is 1. The van der Waals surface area contributed by atoms with Gasteiger partial charge < -0.3 is 4.74 Å². The molecule has 1 aromatic carbocycles. The fourth-order valence-electron chi connectivity index (χ4n) is 3.04. The molecule has 0 amide bonds. The van der Waals surface area contributed by atoms with E-state index in [9.17, 15) is 8.42 Å². The fourth-order valence-corrected chi connectivity index (χ4v) is 4.64. The Morgan fingerprint density at radius 1 is 1.30 bits per heavy atom. The van der Waals surface area contributed by atoms with Gasteiger partial charge in [-0.05, 0) is 31.0 Å². The molecular weight excluding hydrogens is 314 g/mol. The van der Waals surface area contributed by atoms with Crippen LogP contribution in [0.2, 0.25) is 0 Å². The number of aromatic nitrogens is 2. The Morgan fingerprint density at radius 2 is 2.04 bits per heavy atom. The van der Waals surface area contributed by atoms with Crippen LogP contribution < -0.4 is 0 Å². The second-order valence-electron chi connectivity index (χ2n) is 5.53. The van der Waals surface area contributed by atoms with Gasteiger partial charge in [-0.25, -0.2) is 8.42 Å². The lowest BCUT2D eigenvalue weighted by atomic mass is 10.0. The first kappa shape index (κ1) is 16.2. The molecule has 7 heteroatoms. The van der Waals surface area contributed by atoms with Gasteiger partial charge in [0, 0.05) is 20.2 Å². The van der Waals surface area contributed by atoms with Gasteiger partial charge in [0.25, 0.3) is 0 Å². The highest BCUT2D eigenvalue weighted by Crippen LogP contribution is 2.34. The van der Waals surface area contributed by atoms with E-state index in [0.717, 1.165) is 11.3 Å². The summed E-state index contributed by atoms with van der Waals surface area (Å²) >= 11 is 0. The normalized spacial score (nSPS) is 18.8. The zero-order valence-electron chi connectivity index (χ0n) is 13.3. The first-order chi connectivity index (χ1) is 11.1. The smallest absolute Gasteiger partial charge is 0.243 e. The largest absolute Gasteiger partial charge is 0.380 e. The van der Waals surface area contributed by atoms with Crippen molar-refractivity contribution >= 4 is 10.0 Å². The highest BCUT2D eigenvalue weighted by Gasteiger charge is 2.38. The number of rotatable bonds is 5. The van der Waals surface area contributed by atoms with Crippen LogP contribution >= 0.6 is 0 Å². The molecule has 1 aromatic heterocycles. The van der Waals surface area contributed by atoms with Crippen molar-refractivity contribution in [3.05, 3.63) is 47.8 Å². The van der Waals surface area contributed by atoms with Crippen molar-refractivity contribution in [3.63, 3.8) is 0 Å². The number of ether oxygens (including phenoxy) is 1. The molecule has 0 saturated heterocycles. The molecule has 1 aliphatic heterocycles. The summed E-state index contributed by atoms with van der Waals surface area (Å²) in [6.45, 7) is 3.22. The van der Waals surface area contributed by atoms with Crippen molar-refractivity contribution in [2.45, 2.75) is 24.3 Å². The first-order valence-corrected chi connectivity index (χ1v) is 9.15. The van der Waals surface area contributed by atoms with Gasteiger partial charge in [-0.2, -0.15) is 9.40 Å². The maximum absolute atomic E-state index is 13.0. The van der Waals surface area contributed by atoms with E-state index >= 15 is 0 Å². The Bertz CT molecular complexity index is 771. The number of nitrogens with zero attached hydrogens (tertiary/aromatic N) is 3. The van der Waals surface area contributed by atoms with Crippen molar-refractivity contribution < 1.29 is 13.2 Å². The number of benzene rings is 1. The molecule has 0 saturated carbocycles. The Morgan fingerprint density at radius 3 is 2.74 bits per heavy atom. The summed E-state index contributed by atoms with van der Waals surface area (Å²) in [6.07, 6.45) is 2.48. The molecule has 3 rings (SSSR count). The molecular formula is C16H21N3O3S. The van der Waals surface area contributed by atoms with Gasteiger partial charge in [-0.3, -0.25) is 4.68 Å². The van der Waals surface area contributed by atoms with E-state index in [1.807, 2.05) is 26.2 Å². The minimum atomic E-state index is -3.57. The predicted octanol–water partition coefficient (Wildman–Crippen LogP) is 1.74. The lowest BCUT2D eigenvalue weighted by molar-refractivity contribution is 0.0905. The molecule has 0 aliphatic carbocycles. The molecule has 6 nitrogen and oxygen atoms in total. The SMILES string of the molecule is CCOC[C@H]1c2c(cnn2C)CCN1S(=O)(=O)c1ccccc1. The minimum absolute atomic E-state index is 0.312. The Kier molecular flexibility index (Phi) is 4.52. The molecule has 23 heavy (non-hydrogen) atoms. The maximum atomic E-state index is 13.0. The van der Waals surface area contributed by atoms with E-state index in [0.29, 0.717) is 31.1 Å². The Hall–Kier alpha value is -1.70. The lowest BCUT2D eigenvalue weighted by Gasteiger charge is -2.34. The van der Waals surface area contributed by atoms with E-state index in [2.05, 4.69) is 5.10 Å². The third-order valence-corrected chi connectivity index (χ3v) is 6.08. The summed E-state index contributed by atoms with van der Waals surface area (Å²) in [7, 11) is -1.72. The van der Waals surface area contributed by atoms with Gasteiger partial charge in [-0.1, -0.05) is 18.2 Å². The monoisotopic (exact) mass is 335 g/mol. The lowest BCUT2D eigenvalue weighted by Crippen LogP contribution is -2.42. The number of hydrogen-bond donors (Lipinski definition) is 0. The molecule has 0 radical (unpaired) electrons. The summed E-state index contributed by atoms with van der Waals surface area (Å²) in [5.41, 5.74) is 2.01. The highest BCUT2D eigenvalue weighted by molar-refractivity contribution is 7.89. The maximum Gasteiger partial charge on any atom is 0.243 e. The molecule has 2 aromatic rings. The van der Waals surface area contributed by atoms with Crippen molar-refractivity contribution in [2.24, 2.45) is 7.05 Å². The molecule has 0 N–H and O–H groups in total. The molecule has 2 heterocycles. The number of sulfonamides is 1. The van der Waals surface area contributed by atoms with Crippen LogP contribution in [0, 0.1) is 0 Å². The Balaban J connectivity index is 2.02. The molecule has 0 spiro atoms. The van der Waals surface area contributed by atoms with Gasteiger partial charge in [0.1, 0.15) is 0 Å². The van der Waals surface area contributed by atoms with E-state index in [-0.39, 0.29) is 6.04 Å². The number of hydrogen-bond acceptors (Lipinski definition) is 4.